The van der Waals surface area contributed by atoms with Crippen LogP contribution in [0.2, 0.25) is 0 Å². The number of carbonyl (C=O) groups is 2. The molecule has 2 N–H and O–H groups in total. The van der Waals surface area contributed by atoms with E-state index in [1.165, 1.54) is 0 Å². The molecule has 1 fully saturated rings. The van der Waals surface area contributed by atoms with Crippen LogP contribution in [0, 0.1) is 0 Å². The fraction of sp³-hybridized carbons (Fsp3) is 0.818. The van der Waals surface area contributed by atoms with E-state index in [2.05, 4.69) is 10.6 Å². The van der Waals surface area contributed by atoms with Crippen molar-refractivity contribution in [3.63, 3.8) is 0 Å². The number of urea groups is 1. The lowest BCUT2D eigenvalue weighted by molar-refractivity contribution is -0.126. The molecule has 0 bridgehead atoms. The summed E-state index contributed by atoms with van der Waals surface area (Å²) < 4.78 is 5.21. The van der Waals surface area contributed by atoms with Crippen molar-refractivity contribution in [2.24, 2.45) is 0 Å². The molecule has 0 aromatic heterocycles. The summed E-state index contributed by atoms with van der Waals surface area (Å²) in [5.41, 5.74) is 0. The van der Waals surface area contributed by atoms with E-state index < -0.39 is 6.03 Å². The fourth-order valence-electron chi connectivity index (χ4n) is 1.65. The van der Waals surface area contributed by atoms with Gasteiger partial charge in [0.25, 0.3) is 0 Å². The van der Waals surface area contributed by atoms with Crippen LogP contribution in [0.25, 0.3) is 0 Å². The lowest BCUT2D eigenvalue weighted by atomic mass is 10.2. The molecular formula is C11H21N3O3. The number of morpholine rings is 1. The molecule has 1 aliphatic rings. The number of imide groups is 1. The maximum absolute atomic E-state index is 11.8. The Hall–Kier alpha value is -1.14. The van der Waals surface area contributed by atoms with E-state index in [9.17, 15) is 9.59 Å². The van der Waals surface area contributed by atoms with Crippen LogP contribution in [0.5, 0.6) is 0 Å². The van der Waals surface area contributed by atoms with Crippen LogP contribution in [-0.4, -0.2) is 55.2 Å². The maximum atomic E-state index is 11.8. The molecule has 6 heteroatoms. The molecular weight excluding hydrogens is 222 g/mol. The van der Waals surface area contributed by atoms with Gasteiger partial charge in [-0.2, -0.15) is 0 Å². The standard InChI is InChI=1S/C11H21N3O3/c1-8(2)12-11(16)13-10(15)9(3)14-4-6-17-7-5-14/h8-9H,4-7H2,1-3H3,(H2,12,13,15,16). The van der Waals surface area contributed by atoms with Crippen molar-refractivity contribution in [2.75, 3.05) is 26.3 Å². The molecule has 17 heavy (non-hydrogen) atoms. The topological polar surface area (TPSA) is 70.7 Å². The van der Waals surface area contributed by atoms with Crippen molar-refractivity contribution < 1.29 is 14.3 Å². The second-order valence-corrected chi connectivity index (χ2v) is 4.44. The number of hydrogen-bond donors (Lipinski definition) is 2. The first-order chi connectivity index (χ1) is 8.00. The van der Waals surface area contributed by atoms with Crippen molar-refractivity contribution in [1.82, 2.24) is 15.5 Å². The van der Waals surface area contributed by atoms with Gasteiger partial charge >= 0.3 is 6.03 Å². The lowest BCUT2D eigenvalue weighted by Crippen LogP contribution is -2.53. The largest absolute Gasteiger partial charge is 0.379 e. The van der Waals surface area contributed by atoms with Gasteiger partial charge in [0.15, 0.2) is 0 Å². The fourth-order valence-corrected chi connectivity index (χ4v) is 1.65. The molecule has 3 amide bonds. The third-order valence-corrected chi connectivity index (χ3v) is 2.63. The Kier molecular flexibility index (Phi) is 5.37. The number of nitrogens with one attached hydrogen (secondary N) is 2. The zero-order valence-corrected chi connectivity index (χ0v) is 10.7. The average Bonchev–Trinajstić information content (AvgIpc) is 2.28. The number of hydrogen-bond acceptors (Lipinski definition) is 4. The molecule has 0 spiro atoms. The van der Waals surface area contributed by atoms with Crippen molar-refractivity contribution in [1.29, 1.82) is 0 Å². The predicted molar refractivity (Wildman–Crippen MR) is 63.7 cm³/mol. The highest BCUT2D eigenvalue weighted by Gasteiger charge is 2.24. The molecule has 1 aliphatic heterocycles. The van der Waals surface area contributed by atoms with E-state index in [0.717, 1.165) is 13.1 Å². The number of nitrogens with zero attached hydrogens (tertiary/aromatic N) is 1. The van der Waals surface area contributed by atoms with Gasteiger partial charge in [0.2, 0.25) is 5.91 Å². The molecule has 98 valence electrons. The average molecular weight is 243 g/mol. The minimum Gasteiger partial charge on any atom is -0.379 e. The van der Waals surface area contributed by atoms with Crippen molar-refractivity contribution in [2.45, 2.75) is 32.9 Å². The van der Waals surface area contributed by atoms with Crippen molar-refractivity contribution in [3.8, 4) is 0 Å². The zero-order valence-electron chi connectivity index (χ0n) is 10.7. The van der Waals surface area contributed by atoms with E-state index in [0.29, 0.717) is 13.2 Å². The van der Waals surface area contributed by atoms with E-state index in [4.69, 9.17) is 4.74 Å². The summed E-state index contributed by atoms with van der Waals surface area (Å²) in [6.45, 7) is 8.20. The minimum atomic E-state index is -0.440. The summed E-state index contributed by atoms with van der Waals surface area (Å²) in [6.07, 6.45) is 0. The smallest absolute Gasteiger partial charge is 0.321 e. The van der Waals surface area contributed by atoms with Gasteiger partial charge in [-0.25, -0.2) is 4.79 Å². The van der Waals surface area contributed by atoms with Crippen LogP contribution >= 0.6 is 0 Å². The van der Waals surface area contributed by atoms with Gasteiger partial charge in [-0.3, -0.25) is 15.0 Å². The molecule has 0 aromatic carbocycles. The molecule has 1 unspecified atom stereocenters. The molecule has 6 nitrogen and oxygen atoms in total. The second-order valence-electron chi connectivity index (χ2n) is 4.44. The highest BCUT2D eigenvalue weighted by Crippen LogP contribution is 2.03. The van der Waals surface area contributed by atoms with Crippen molar-refractivity contribution in [3.05, 3.63) is 0 Å². The molecule has 0 aliphatic carbocycles. The highest BCUT2D eigenvalue weighted by molar-refractivity contribution is 5.96. The molecule has 1 saturated heterocycles. The summed E-state index contributed by atoms with van der Waals surface area (Å²) in [5.74, 6) is -0.273. The molecule has 1 heterocycles. The van der Waals surface area contributed by atoms with E-state index in [1.807, 2.05) is 18.7 Å². The molecule has 0 radical (unpaired) electrons. The normalized spacial score (nSPS) is 18.8. The van der Waals surface area contributed by atoms with Gasteiger partial charge in [-0.1, -0.05) is 0 Å². The van der Waals surface area contributed by atoms with E-state index in [-0.39, 0.29) is 18.0 Å². The molecule has 0 aromatic rings. The number of amides is 3. The Bertz CT molecular complexity index is 275. The summed E-state index contributed by atoms with van der Waals surface area (Å²) >= 11 is 0. The maximum Gasteiger partial charge on any atom is 0.321 e. The lowest BCUT2D eigenvalue weighted by Gasteiger charge is -2.31. The number of carbonyl (C=O) groups excluding carboxylic acids is 2. The van der Waals surface area contributed by atoms with Gasteiger partial charge in [-0.05, 0) is 20.8 Å². The Balaban J connectivity index is 2.37. The van der Waals surface area contributed by atoms with E-state index >= 15 is 0 Å². The third-order valence-electron chi connectivity index (χ3n) is 2.63. The van der Waals surface area contributed by atoms with Gasteiger partial charge in [0.1, 0.15) is 0 Å². The summed E-state index contributed by atoms with van der Waals surface area (Å²) in [4.78, 5) is 25.1. The SMILES string of the molecule is CC(C)NC(=O)NC(=O)C(C)N1CCOCC1. The molecule has 0 saturated carbocycles. The Morgan fingerprint density at radius 1 is 1.18 bits per heavy atom. The Morgan fingerprint density at radius 2 is 1.76 bits per heavy atom. The Labute approximate surface area is 102 Å². The molecule has 1 rings (SSSR count). The van der Waals surface area contributed by atoms with Crippen LogP contribution in [0.15, 0.2) is 0 Å². The zero-order chi connectivity index (χ0) is 12.8. The van der Waals surface area contributed by atoms with Crippen LogP contribution in [0.3, 0.4) is 0 Å². The minimum absolute atomic E-state index is 0.0153. The highest BCUT2D eigenvalue weighted by atomic mass is 16.5. The quantitative estimate of drug-likeness (QED) is 0.728. The second kappa shape index (κ2) is 6.56. The monoisotopic (exact) mass is 243 g/mol. The third kappa shape index (κ3) is 4.70. The van der Waals surface area contributed by atoms with Crippen molar-refractivity contribution >= 4 is 11.9 Å². The van der Waals surface area contributed by atoms with Gasteiger partial charge in [0, 0.05) is 19.1 Å². The van der Waals surface area contributed by atoms with Crippen LogP contribution in [0.4, 0.5) is 4.79 Å². The summed E-state index contributed by atoms with van der Waals surface area (Å²) in [7, 11) is 0. The van der Waals surface area contributed by atoms with Crippen LogP contribution < -0.4 is 10.6 Å². The van der Waals surface area contributed by atoms with E-state index in [1.54, 1.807) is 6.92 Å². The summed E-state index contributed by atoms with van der Waals surface area (Å²) in [5, 5.41) is 4.95. The van der Waals surface area contributed by atoms with Gasteiger partial charge in [-0.15, -0.1) is 0 Å². The number of rotatable bonds is 3. The predicted octanol–water partition coefficient (Wildman–Crippen LogP) is -0.0587. The molecule has 1 atom stereocenters. The van der Waals surface area contributed by atoms with Gasteiger partial charge in [0.05, 0.1) is 19.3 Å². The van der Waals surface area contributed by atoms with Crippen LogP contribution in [0.1, 0.15) is 20.8 Å². The van der Waals surface area contributed by atoms with Crippen LogP contribution in [-0.2, 0) is 9.53 Å². The summed E-state index contributed by atoms with van der Waals surface area (Å²) in [6, 6.07) is -0.733. The first-order valence-corrected chi connectivity index (χ1v) is 5.94. The first kappa shape index (κ1) is 13.9. The number of ether oxygens (including phenoxy) is 1. The Morgan fingerprint density at radius 3 is 2.29 bits per heavy atom. The first-order valence-electron chi connectivity index (χ1n) is 5.94. The van der Waals surface area contributed by atoms with Gasteiger partial charge < -0.3 is 10.1 Å².